The zero-order valence-corrected chi connectivity index (χ0v) is 35.6. The van der Waals surface area contributed by atoms with Crippen LogP contribution in [-0.2, 0) is 5.41 Å². The minimum atomic E-state index is -0.422. The van der Waals surface area contributed by atoms with E-state index >= 15 is 0 Å². The largest absolute Gasteiger partial charge is 0.310 e. The summed E-state index contributed by atoms with van der Waals surface area (Å²) in [6.45, 7) is 0. The van der Waals surface area contributed by atoms with Gasteiger partial charge in [0.1, 0.15) is 0 Å². The molecular formula is C63H42N2. The van der Waals surface area contributed by atoms with Gasteiger partial charge in [-0.25, -0.2) is 0 Å². The lowest BCUT2D eigenvalue weighted by Gasteiger charge is -2.33. The summed E-state index contributed by atoms with van der Waals surface area (Å²) in [7, 11) is 0. The molecule has 0 saturated carbocycles. The van der Waals surface area contributed by atoms with Gasteiger partial charge in [0, 0.05) is 33.2 Å². The van der Waals surface area contributed by atoms with E-state index in [1.54, 1.807) is 0 Å². The summed E-state index contributed by atoms with van der Waals surface area (Å²) in [4.78, 5) is 2.46. The molecule has 0 unspecified atom stereocenters. The molecule has 1 aliphatic rings. The Morgan fingerprint density at radius 2 is 0.877 bits per heavy atom. The molecule has 0 spiro atoms. The SMILES string of the molecule is c1ccc(-n2c3ccccc3c3cc(N(c4ccc(-c5ccc6c(c5)-c5ccccc5C6(c5ccccc5)c5ccccc5)cc4)c4cc5ccccc5c5ccccc45)ccc32)cc1. The van der Waals surface area contributed by atoms with Gasteiger partial charge in [0.2, 0.25) is 0 Å². The Hall–Kier alpha value is -8.46. The van der Waals surface area contributed by atoms with Crippen LogP contribution in [0.25, 0.3) is 71.3 Å². The lowest BCUT2D eigenvalue weighted by molar-refractivity contribution is 0.768. The summed E-state index contributed by atoms with van der Waals surface area (Å²) in [6, 6.07) is 93.8. The molecule has 304 valence electrons. The van der Waals surface area contributed by atoms with Gasteiger partial charge in [0.15, 0.2) is 0 Å². The molecule has 0 N–H and O–H groups in total. The molecule has 0 amide bonds. The molecule has 0 fully saturated rings. The fourth-order valence-electron chi connectivity index (χ4n) is 11.0. The van der Waals surface area contributed by atoms with Crippen molar-refractivity contribution >= 4 is 60.4 Å². The summed E-state index contributed by atoms with van der Waals surface area (Å²) < 4.78 is 2.39. The second-order valence-corrected chi connectivity index (χ2v) is 17.2. The van der Waals surface area contributed by atoms with Crippen molar-refractivity contribution in [1.82, 2.24) is 4.57 Å². The van der Waals surface area contributed by atoms with Crippen molar-refractivity contribution in [1.29, 1.82) is 0 Å². The second-order valence-electron chi connectivity index (χ2n) is 17.2. The van der Waals surface area contributed by atoms with E-state index in [1.165, 1.54) is 87.9 Å². The topological polar surface area (TPSA) is 8.17 Å². The molecular weight excluding hydrogens is 785 g/mol. The van der Waals surface area contributed by atoms with E-state index in [4.69, 9.17) is 0 Å². The molecule has 12 aromatic rings. The highest BCUT2D eigenvalue weighted by Gasteiger charge is 2.46. The quantitative estimate of drug-likeness (QED) is 0.145. The summed E-state index contributed by atoms with van der Waals surface area (Å²) in [5.41, 5.74) is 16.6. The van der Waals surface area contributed by atoms with Crippen LogP contribution in [0, 0.1) is 0 Å². The number of benzene rings is 11. The summed E-state index contributed by atoms with van der Waals surface area (Å²) >= 11 is 0. The zero-order chi connectivity index (χ0) is 42.9. The van der Waals surface area contributed by atoms with Crippen LogP contribution in [0.1, 0.15) is 22.3 Å². The monoisotopic (exact) mass is 826 g/mol. The minimum Gasteiger partial charge on any atom is -0.310 e. The van der Waals surface area contributed by atoms with Crippen molar-refractivity contribution in [2.45, 2.75) is 5.41 Å². The molecule has 2 nitrogen and oxygen atoms in total. The maximum atomic E-state index is 2.46. The normalized spacial score (nSPS) is 12.7. The number of nitrogens with zero attached hydrogens (tertiary/aromatic N) is 2. The highest BCUT2D eigenvalue weighted by Crippen LogP contribution is 2.56. The third-order valence-electron chi connectivity index (χ3n) is 13.8. The number of hydrogen-bond acceptors (Lipinski definition) is 1. The summed E-state index contributed by atoms with van der Waals surface area (Å²) in [5, 5.41) is 7.36. The van der Waals surface area contributed by atoms with E-state index in [2.05, 4.69) is 264 Å². The number of anilines is 3. The average Bonchev–Trinajstić information content (AvgIpc) is 3.88. The Kier molecular flexibility index (Phi) is 8.47. The Labute approximate surface area is 378 Å². The Morgan fingerprint density at radius 3 is 1.63 bits per heavy atom. The van der Waals surface area contributed by atoms with Gasteiger partial charge in [-0.15, -0.1) is 0 Å². The lowest BCUT2D eigenvalue weighted by atomic mass is 9.67. The van der Waals surface area contributed by atoms with Crippen molar-refractivity contribution in [3.63, 3.8) is 0 Å². The van der Waals surface area contributed by atoms with E-state index in [0.29, 0.717) is 0 Å². The number of hydrogen-bond donors (Lipinski definition) is 0. The summed E-state index contributed by atoms with van der Waals surface area (Å²) in [6.07, 6.45) is 0. The number of para-hydroxylation sites is 2. The first-order chi connectivity index (χ1) is 32.3. The molecule has 0 atom stereocenters. The maximum Gasteiger partial charge on any atom is 0.0713 e. The van der Waals surface area contributed by atoms with Crippen molar-refractivity contribution in [3.05, 3.63) is 277 Å². The summed E-state index contributed by atoms with van der Waals surface area (Å²) in [5.74, 6) is 0. The molecule has 0 radical (unpaired) electrons. The van der Waals surface area contributed by atoms with Crippen molar-refractivity contribution in [2.24, 2.45) is 0 Å². The van der Waals surface area contributed by atoms with Crippen LogP contribution in [0.2, 0.25) is 0 Å². The fraction of sp³-hybridized carbons (Fsp3) is 0.0159. The van der Waals surface area contributed by atoms with E-state index in [1.807, 2.05) is 0 Å². The third kappa shape index (κ3) is 5.67. The Morgan fingerprint density at radius 1 is 0.323 bits per heavy atom. The third-order valence-corrected chi connectivity index (χ3v) is 13.8. The van der Waals surface area contributed by atoms with Crippen molar-refractivity contribution in [3.8, 4) is 27.9 Å². The van der Waals surface area contributed by atoms with Gasteiger partial charge in [-0.1, -0.05) is 194 Å². The van der Waals surface area contributed by atoms with Crippen LogP contribution in [0.3, 0.4) is 0 Å². The smallest absolute Gasteiger partial charge is 0.0713 e. The van der Waals surface area contributed by atoms with Crippen LogP contribution in [-0.4, -0.2) is 4.57 Å². The van der Waals surface area contributed by atoms with Gasteiger partial charge in [-0.3, -0.25) is 0 Å². The Bertz CT molecular complexity index is 3720. The van der Waals surface area contributed by atoms with Gasteiger partial charge in [0.25, 0.3) is 0 Å². The van der Waals surface area contributed by atoms with E-state index < -0.39 is 5.41 Å². The molecule has 13 rings (SSSR count). The maximum absolute atomic E-state index is 2.46. The standard InChI is InChI=1S/C63H42N2/c1-4-19-46(20-5-1)63(47-21-6-2-7-22-47)58-30-16-14-27-53(58)56-40-44(34-38-59(56)63)43-32-35-49(36-33-43)64(62-41-45-18-10-11-25-51(45)52-26-12-13-28-54(52)62)50-37-39-61-57(42-50)55-29-15-17-31-60(55)65(61)48-23-8-3-9-24-48/h1-42H. The number of fused-ring (bicyclic) bond motifs is 9. The van der Waals surface area contributed by atoms with Crippen LogP contribution in [0.4, 0.5) is 17.1 Å². The molecule has 0 aliphatic heterocycles. The highest BCUT2D eigenvalue weighted by atomic mass is 15.1. The van der Waals surface area contributed by atoms with Gasteiger partial charge in [-0.05, 0) is 121 Å². The predicted octanol–water partition coefficient (Wildman–Crippen LogP) is 16.6. The van der Waals surface area contributed by atoms with Crippen molar-refractivity contribution in [2.75, 3.05) is 4.90 Å². The van der Waals surface area contributed by atoms with Crippen LogP contribution < -0.4 is 4.90 Å². The van der Waals surface area contributed by atoms with E-state index in [9.17, 15) is 0 Å². The van der Waals surface area contributed by atoms with Gasteiger partial charge < -0.3 is 9.47 Å². The molecule has 0 saturated heterocycles. The lowest BCUT2D eigenvalue weighted by Crippen LogP contribution is -2.28. The molecule has 1 aromatic heterocycles. The van der Waals surface area contributed by atoms with Gasteiger partial charge in [0.05, 0.1) is 22.1 Å². The van der Waals surface area contributed by atoms with E-state index in [-0.39, 0.29) is 0 Å². The van der Waals surface area contributed by atoms with E-state index in [0.717, 1.165) is 22.7 Å². The Balaban J connectivity index is 0.987. The van der Waals surface area contributed by atoms with Crippen LogP contribution in [0.5, 0.6) is 0 Å². The van der Waals surface area contributed by atoms with Gasteiger partial charge >= 0.3 is 0 Å². The highest BCUT2D eigenvalue weighted by molar-refractivity contribution is 6.16. The number of rotatable bonds is 7. The molecule has 65 heavy (non-hydrogen) atoms. The first-order valence-electron chi connectivity index (χ1n) is 22.5. The molecule has 2 heteroatoms. The van der Waals surface area contributed by atoms with Gasteiger partial charge in [-0.2, -0.15) is 0 Å². The van der Waals surface area contributed by atoms with Crippen LogP contribution in [0.15, 0.2) is 255 Å². The molecule has 1 heterocycles. The molecule has 0 bridgehead atoms. The minimum absolute atomic E-state index is 0.422. The zero-order valence-electron chi connectivity index (χ0n) is 35.6. The average molecular weight is 827 g/mol. The fourth-order valence-corrected chi connectivity index (χ4v) is 11.0. The van der Waals surface area contributed by atoms with Crippen LogP contribution >= 0.6 is 0 Å². The number of aromatic nitrogens is 1. The molecule has 11 aromatic carbocycles. The van der Waals surface area contributed by atoms with Crippen molar-refractivity contribution < 1.29 is 0 Å². The predicted molar refractivity (Wildman–Crippen MR) is 273 cm³/mol. The first kappa shape index (κ1) is 37.1. The second kappa shape index (κ2) is 14.8. The molecule has 1 aliphatic carbocycles. The first-order valence-corrected chi connectivity index (χ1v) is 22.5.